The normalized spacial score (nSPS) is 16.8. The lowest BCUT2D eigenvalue weighted by molar-refractivity contribution is 0.484. The zero-order valence-electron chi connectivity index (χ0n) is 9.45. The summed E-state index contributed by atoms with van der Waals surface area (Å²) < 4.78 is 0.532. The van der Waals surface area contributed by atoms with Crippen molar-refractivity contribution in [1.82, 2.24) is 0 Å². The molecule has 78 valence electrons. The summed E-state index contributed by atoms with van der Waals surface area (Å²) in [6.45, 7) is 11.1. The predicted molar refractivity (Wildman–Crippen MR) is 69.1 cm³/mol. The molecular weight excluding hydrogens is 273 g/mol. The highest BCUT2D eigenvalue weighted by Gasteiger charge is 2.23. The van der Waals surface area contributed by atoms with Gasteiger partial charge in [0.15, 0.2) is 0 Å². The number of rotatable bonds is 3. The molecule has 0 aliphatic heterocycles. The van der Waals surface area contributed by atoms with E-state index < -0.39 is 0 Å². The highest BCUT2D eigenvalue weighted by atomic mass is 127. The summed E-state index contributed by atoms with van der Waals surface area (Å²) in [6, 6.07) is 0. The Labute approximate surface area is 96.3 Å². The standard InChI is InChI=1S/C11H22IN/c1-6-7-9(13)10(8(2)12)11(3,4)5/h8H,6-7,13H2,1-5H3/b10-9-/t8-/m0/s1. The fourth-order valence-corrected chi connectivity index (χ4v) is 3.07. The molecular formula is C11H22IN. The van der Waals surface area contributed by atoms with Gasteiger partial charge >= 0.3 is 0 Å². The van der Waals surface area contributed by atoms with Crippen molar-refractivity contribution in [3.05, 3.63) is 11.3 Å². The first-order valence-corrected chi connectivity index (χ1v) is 6.18. The molecule has 0 heterocycles. The van der Waals surface area contributed by atoms with Gasteiger partial charge in [0.1, 0.15) is 0 Å². The summed E-state index contributed by atoms with van der Waals surface area (Å²) in [7, 11) is 0. The summed E-state index contributed by atoms with van der Waals surface area (Å²) in [5, 5.41) is 0. The van der Waals surface area contributed by atoms with Crippen LogP contribution in [0.4, 0.5) is 0 Å². The molecule has 0 aromatic heterocycles. The lowest BCUT2D eigenvalue weighted by Crippen LogP contribution is -2.21. The fourth-order valence-electron chi connectivity index (χ4n) is 1.74. The Morgan fingerprint density at radius 1 is 1.38 bits per heavy atom. The maximum atomic E-state index is 6.09. The van der Waals surface area contributed by atoms with E-state index in [2.05, 4.69) is 57.2 Å². The van der Waals surface area contributed by atoms with Crippen LogP contribution >= 0.6 is 22.6 Å². The molecule has 0 aliphatic rings. The number of hydrogen-bond acceptors (Lipinski definition) is 1. The first-order valence-electron chi connectivity index (χ1n) is 4.93. The second-order valence-electron chi connectivity index (χ2n) is 4.55. The Bertz CT molecular complexity index is 187. The summed E-state index contributed by atoms with van der Waals surface area (Å²) >= 11 is 2.45. The van der Waals surface area contributed by atoms with E-state index in [1.165, 1.54) is 5.57 Å². The monoisotopic (exact) mass is 295 g/mol. The van der Waals surface area contributed by atoms with Crippen LogP contribution in [-0.2, 0) is 0 Å². The predicted octanol–water partition coefficient (Wildman–Crippen LogP) is 3.87. The topological polar surface area (TPSA) is 26.0 Å². The van der Waals surface area contributed by atoms with Crippen molar-refractivity contribution in [2.45, 2.75) is 51.4 Å². The molecule has 0 fully saturated rings. The van der Waals surface area contributed by atoms with E-state index in [4.69, 9.17) is 5.73 Å². The van der Waals surface area contributed by atoms with Crippen molar-refractivity contribution in [2.24, 2.45) is 11.1 Å². The van der Waals surface area contributed by atoms with E-state index in [1.807, 2.05) is 0 Å². The summed E-state index contributed by atoms with van der Waals surface area (Å²) in [6.07, 6.45) is 2.16. The van der Waals surface area contributed by atoms with E-state index in [9.17, 15) is 0 Å². The van der Waals surface area contributed by atoms with Crippen LogP contribution < -0.4 is 5.73 Å². The third-order valence-corrected chi connectivity index (χ3v) is 2.69. The van der Waals surface area contributed by atoms with Gasteiger partial charge in [0.25, 0.3) is 0 Å². The zero-order valence-corrected chi connectivity index (χ0v) is 11.6. The van der Waals surface area contributed by atoms with Gasteiger partial charge in [-0.15, -0.1) is 0 Å². The molecule has 2 N–H and O–H groups in total. The van der Waals surface area contributed by atoms with Crippen molar-refractivity contribution in [3.8, 4) is 0 Å². The van der Waals surface area contributed by atoms with Gasteiger partial charge in [-0.05, 0) is 24.3 Å². The first kappa shape index (κ1) is 13.3. The van der Waals surface area contributed by atoms with Crippen molar-refractivity contribution in [2.75, 3.05) is 0 Å². The number of hydrogen-bond donors (Lipinski definition) is 1. The molecule has 0 unspecified atom stereocenters. The average Bonchev–Trinajstić information content (AvgIpc) is 1.82. The molecule has 0 rings (SSSR count). The highest BCUT2D eigenvalue weighted by molar-refractivity contribution is 14.1. The smallest absolute Gasteiger partial charge is 0.0315 e. The van der Waals surface area contributed by atoms with Crippen molar-refractivity contribution in [1.29, 1.82) is 0 Å². The van der Waals surface area contributed by atoms with Gasteiger partial charge in [-0.1, -0.05) is 56.7 Å². The quantitative estimate of drug-likeness (QED) is 0.621. The molecule has 0 spiro atoms. The van der Waals surface area contributed by atoms with Gasteiger partial charge in [0, 0.05) is 9.62 Å². The Balaban J connectivity index is 4.89. The molecule has 0 aromatic carbocycles. The highest BCUT2D eigenvalue weighted by Crippen LogP contribution is 2.33. The fraction of sp³-hybridized carbons (Fsp3) is 0.818. The minimum absolute atomic E-state index is 0.208. The van der Waals surface area contributed by atoms with Crippen LogP contribution in [0.3, 0.4) is 0 Å². The number of alkyl halides is 1. The SMILES string of the molecule is CCC/C(N)=C(\[C@H](C)I)C(C)(C)C. The van der Waals surface area contributed by atoms with Gasteiger partial charge in [-0.25, -0.2) is 0 Å². The third-order valence-electron chi connectivity index (χ3n) is 2.07. The van der Waals surface area contributed by atoms with Gasteiger partial charge < -0.3 is 5.73 Å². The summed E-state index contributed by atoms with van der Waals surface area (Å²) in [5.41, 5.74) is 8.80. The van der Waals surface area contributed by atoms with Crippen LogP contribution in [-0.4, -0.2) is 3.92 Å². The van der Waals surface area contributed by atoms with Crippen LogP contribution in [0, 0.1) is 5.41 Å². The Kier molecular flexibility index (Phi) is 5.33. The maximum absolute atomic E-state index is 6.09. The summed E-state index contributed by atoms with van der Waals surface area (Å²) in [5.74, 6) is 0. The van der Waals surface area contributed by atoms with Gasteiger partial charge in [-0.3, -0.25) is 0 Å². The van der Waals surface area contributed by atoms with Crippen LogP contribution in [0.1, 0.15) is 47.5 Å². The minimum atomic E-state index is 0.208. The van der Waals surface area contributed by atoms with E-state index in [0.29, 0.717) is 3.92 Å². The Morgan fingerprint density at radius 2 is 1.85 bits per heavy atom. The zero-order chi connectivity index (χ0) is 10.6. The van der Waals surface area contributed by atoms with E-state index in [1.54, 1.807) is 0 Å². The van der Waals surface area contributed by atoms with Gasteiger partial charge in [0.2, 0.25) is 0 Å². The first-order chi connectivity index (χ1) is 5.80. The van der Waals surface area contributed by atoms with Crippen molar-refractivity contribution in [3.63, 3.8) is 0 Å². The van der Waals surface area contributed by atoms with Crippen LogP contribution in [0.2, 0.25) is 0 Å². The molecule has 0 amide bonds. The van der Waals surface area contributed by atoms with E-state index in [0.717, 1.165) is 18.5 Å². The van der Waals surface area contributed by atoms with Gasteiger partial charge in [0.05, 0.1) is 0 Å². The largest absolute Gasteiger partial charge is 0.402 e. The number of halogens is 1. The second-order valence-corrected chi connectivity index (χ2v) is 6.42. The lowest BCUT2D eigenvalue weighted by Gasteiger charge is -2.27. The molecule has 0 aromatic rings. The third kappa shape index (κ3) is 4.34. The molecule has 0 radical (unpaired) electrons. The van der Waals surface area contributed by atoms with Gasteiger partial charge in [-0.2, -0.15) is 0 Å². The van der Waals surface area contributed by atoms with Crippen molar-refractivity contribution < 1.29 is 0 Å². The Hall–Kier alpha value is 0.270. The van der Waals surface area contributed by atoms with E-state index in [-0.39, 0.29) is 5.41 Å². The Morgan fingerprint density at radius 3 is 2.08 bits per heavy atom. The lowest BCUT2D eigenvalue weighted by atomic mass is 9.83. The molecule has 2 heteroatoms. The van der Waals surface area contributed by atoms with Crippen LogP contribution in [0.5, 0.6) is 0 Å². The second kappa shape index (κ2) is 5.23. The molecule has 0 saturated heterocycles. The van der Waals surface area contributed by atoms with E-state index >= 15 is 0 Å². The number of allylic oxidation sites excluding steroid dienone is 2. The molecule has 1 atom stereocenters. The van der Waals surface area contributed by atoms with Crippen LogP contribution in [0.15, 0.2) is 11.3 Å². The molecule has 13 heavy (non-hydrogen) atoms. The number of nitrogens with two attached hydrogens (primary N) is 1. The molecule has 0 saturated carbocycles. The van der Waals surface area contributed by atoms with Crippen molar-refractivity contribution >= 4 is 22.6 Å². The summed E-state index contributed by atoms with van der Waals surface area (Å²) in [4.78, 5) is 0. The maximum Gasteiger partial charge on any atom is 0.0315 e. The molecule has 1 nitrogen and oxygen atoms in total. The van der Waals surface area contributed by atoms with Crippen LogP contribution in [0.25, 0.3) is 0 Å². The average molecular weight is 295 g/mol. The molecule has 0 bridgehead atoms. The molecule has 0 aliphatic carbocycles. The minimum Gasteiger partial charge on any atom is -0.402 e.